The Morgan fingerprint density at radius 2 is 1.75 bits per heavy atom. The minimum absolute atomic E-state index is 0.175. The van der Waals surface area contributed by atoms with Crippen molar-refractivity contribution < 1.29 is 0 Å². The summed E-state index contributed by atoms with van der Waals surface area (Å²) in [5.74, 6) is 0.779. The van der Waals surface area contributed by atoms with Crippen LogP contribution in [0.15, 0.2) is 24.3 Å². The molecule has 4 nitrogen and oxygen atoms in total. The Labute approximate surface area is 109 Å². The zero-order chi connectivity index (χ0) is 11.8. The number of aromatic nitrogens is 4. The minimum Gasteiger partial charge on any atom is -0.163 e. The number of hydrogen-bond donors (Lipinski definition) is 0. The first kappa shape index (κ1) is 11.5. The number of rotatable bonds is 1. The van der Waals surface area contributed by atoms with Gasteiger partial charge in [0.1, 0.15) is 0 Å². The van der Waals surface area contributed by atoms with E-state index in [-0.39, 0.29) is 5.41 Å². The van der Waals surface area contributed by atoms with Gasteiger partial charge in [-0.05, 0) is 21.4 Å². The number of hydrogen-bond acceptors (Lipinski definition) is 3. The zero-order valence-electron chi connectivity index (χ0n) is 9.48. The van der Waals surface area contributed by atoms with Gasteiger partial charge in [-0.25, -0.2) is 0 Å². The van der Waals surface area contributed by atoms with Gasteiger partial charge in [0.05, 0.1) is 22.9 Å². The van der Waals surface area contributed by atoms with E-state index in [1.165, 1.54) is 5.56 Å². The quantitative estimate of drug-likeness (QED) is 0.756. The predicted molar refractivity (Wildman–Crippen MR) is 71.4 cm³/mol. The van der Waals surface area contributed by atoms with Crippen molar-refractivity contribution >= 4 is 22.9 Å². The molecule has 16 heavy (non-hydrogen) atoms. The highest BCUT2D eigenvalue weighted by atomic mass is 127. The molecule has 0 unspecified atom stereocenters. The first-order chi connectivity index (χ1) is 7.48. The molecule has 1 heterocycles. The van der Waals surface area contributed by atoms with Gasteiger partial charge in [0.2, 0.25) is 0 Å². The van der Waals surface area contributed by atoms with Crippen LogP contribution in [0.25, 0.3) is 11.4 Å². The van der Waals surface area contributed by atoms with E-state index in [1.807, 2.05) is 0 Å². The Kier molecular flexibility index (Phi) is 2.96. The van der Waals surface area contributed by atoms with E-state index in [2.05, 4.69) is 83.4 Å². The van der Waals surface area contributed by atoms with E-state index in [9.17, 15) is 0 Å². The lowest BCUT2D eigenvalue weighted by Gasteiger charge is -2.18. The fraction of sp³-hybridized carbons (Fsp3) is 0.364. The van der Waals surface area contributed by atoms with Crippen LogP contribution in [0, 0.1) is 0 Å². The van der Waals surface area contributed by atoms with Gasteiger partial charge in [-0.1, -0.05) is 45.0 Å². The molecular weight excluding hydrogens is 315 g/mol. The second kappa shape index (κ2) is 4.12. The van der Waals surface area contributed by atoms with Gasteiger partial charge < -0.3 is 0 Å². The van der Waals surface area contributed by atoms with Gasteiger partial charge in [0, 0.05) is 5.56 Å². The van der Waals surface area contributed by atoms with Crippen LogP contribution in [-0.2, 0) is 5.41 Å². The van der Waals surface area contributed by atoms with Gasteiger partial charge in [-0.3, -0.25) is 0 Å². The van der Waals surface area contributed by atoms with Crippen molar-refractivity contribution in [2.24, 2.45) is 0 Å². The Hall–Kier alpha value is -0.980. The van der Waals surface area contributed by atoms with Crippen LogP contribution in [0.2, 0.25) is 0 Å². The van der Waals surface area contributed by atoms with Crippen molar-refractivity contribution in [1.82, 2.24) is 18.4 Å². The largest absolute Gasteiger partial charge is 0.192 e. The summed E-state index contributed by atoms with van der Waals surface area (Å²) in [6.07, 6.45) is 0. The normalized spacial score (nSPS) is 11.8. The maximum absolute atomic E-state index is 3.97. The van der Waals surface area contributed by atoms with E-state index in [0.717, 1.165) is 11.4 Å². The summed E-state index contributed by atoms with van der Waals surface area (Å²) in [5, 5.41) is 11.4. The molecule has 0 spiro atoms. The molecule has 0 atom stereocenters. The number of nitrogens with zero attached hydrogens (tertiary/aromatic N) is 4. The fourth-order valence-corrected chi connectivity index (χ4v) is 1.92. The molecule has 0 amide bonds. The summed E-state index contributed by atoms with van der Waals surface area (Å²) >= 11 is 2.06. The summed E-state index contributed by atoms with van der Waals surface area (Å²) in [4.78, 5) is 0. The first-order valence-electron chi connectivity index (χ1n) is 5.04. The smallest absolute Gasteiger partial charge is 0.163 e. The average molecular weight is 328 g/mol. The second-order valence-corrected chi connectivity index (χ2v) is 5.60. The van der Waals surface area contributed by atoms with E-state index < -0.39 is 0 Å². The molecule has 0 fully saturated rings. The van der Waals surface area contributed by atoms with E-state index in [1.54, 1.807) is 2.90 Å². The van der Waals surface area contributed by atoms with Crippen molar-refractivity contribution in [3.05, 3.63) is 29.8 Å². The van der Waals surface area contributed by atoms with Crippen LogP contribution in [0.5, 0.6) is 0 Å². The second-order valence-electron chi connectivity index (χ2n) is 4.69. The van der Waals surface area contributed by atoms with Gasteiger partial charge in [0.25, 0.3) is 0 Å². The zero-order valence-corrected chi connectivity index (χ0v) is 11.6. The highest BCUT2D eigenvalue weighted by Gasteiger charge is 2.14. The van der Waals surface area contributed by atoms with Crippen molar-refractivity contribution in [1.29, 1.82) is 0 Å². The Morgan fingerprint density at radius 1 is 1.12 bits per heavy atom. The molecule has 84 valence electrons. The van der Waals surface area contributed by atoms with Crippen molar-refractivity contribution in [2.45, 2.75) is 26.2 Å². The number of halogens is 1. The lowest BCUT2D eigenvalue weighted by Crippen LogP contribution is -2.10. The van der Waals surface area contributed by atoms with Crippen LogP contribution in [-0.4, -0.2) is 18.4 Å². The molecule has 0 aliphatic rings. The molecular formula is C11H13IN4. The molecule has 0 aliphatic heterocycles. The Balaban J connectivity index is 2.37. The molecule has 0 bridgehead atoms. The highest BCUT2D eigenvalue weighted by Crippen LogP contribution is 2.25. The maximum Gasteiger partial charge on any atom is 0.192 e. The molecule has 0 aliphatic carbocycles. The number of benzene rings is 1. The third-order valence-corrected chi connectivity index (χ3v) is 3.09. The third-order valence-electron chi connectivity index (χ3n) is 2.44. The summed E-state index contributed by atoms with van der Waals surface area (Å²) in [5.41, 5.74) is 2.52. The maximum atomic E-state index is 3.97. The molecule has 0 saturated heterocycles. The van der Waals surface area contributed by atoms with Crippen molar-refractivity contribution in [3.8, 4) is 11.4 Å². The van der Waals surface area contributed by atoms with Crippen LogP contribution < -0.4 is 0 Å². The molecule has 2 aromatic rings. The lowest BCUT2D eigenvalue weighted by atomic mass is 9.87. The molecule has 2 rings (SSSR count). The highest BCUT2D eigenvalue weighted by molar-refractivity contribution is 14.1. The Morgan fingerprint density at radius 3 is 2.19 bits per heavy atom. The molecule has 0 N–H and O–H groups in total. The SMILES string of the molecule is CC(C)(C)c1ccc(-c2nnnn2I)cc1. The van der Waals surface area contributed by atoms with Crippen LogP contribution in [0.4, 0.5) is 0 Å². The topological polar surface area (TPSA) is 43.6 Å². The Bertz CT molecular complexity index is 481. The predicted octanol–water partition coefficient (Wildman–Crippen LogP) is 2.84. The van der Waals surface area contributed by atoms with Crippen LogP contribution in [0.1, 0.15) is 26.3 Å². The van der Waals surface area contributed by atoms with Crippen LogP contribution in [0.3, 0.4) is 0 Å². The summed E-state index contributed by atoms with van der Waals surface area (Å²) in [6.45, 7) is 6.60. The van der Waals surface area contributed by atoms with Gasteiger partial charge in [-0.15, -0.1) is 5.10 Å². The molecule has 1 aromatic heterocycles. The van der Waals surface area contributed by atoms with E-state index in [0.29, 0.717) is 0 Å². The molecule has 1 aromatic carbocycles. The number of tetrazole rings is 1. The van der Waals surface area contributed by atoms with Crippen LogP contribution >= 0.6 is 22.9 Å². The molecule has 5 heteroatoms. The van der Waals surface area contributed by atoms with E-state index in [4.69, 9.17) is 0 Å². The molecule has 0 saturated carbocycles. The van der Waals surface area contributed by atoms with Gasteiger partial charge in [-0.2, -0.15) is 2.90 Å². The minimum atomic E-state index is 0.175. The first-order valence-corrected chi connectivity index (χ1v) is 6.00. The van der Waals surface area contributed by atoms with Gasteiger partial charge >= 0.3 is 0 Å². The van der Waals surface area contributed by atoms with Crippen molar-refractivity contribution in [3.63, 3.8) is 0 Å². The molecule has 0 radical (unpaired) electrons. The standard InChI is InChI=1S/C11H13IN4/c1-11(2,3)9-6-4-8(5-7-9)10-13-14-15-16(10)12/h4-7H,1-3H3. The third kappa shape index (κ3) is 2.23. The van der Waals surface area contributed by atoms with Crippen molar-refractivity contribution in [2.75, 3.05) is 0 Å². The summed E-state index contributed by atoms with van der Waals surface area (Å²) in [7, 11) is 0. The van der Waals surface area contributed by atoms with E-state index >= 15 is 0 Å². The fourth-order valence-electron chi connectivity index (χ4n) is 1.46. The monoisotopic (exact) mass is 328 g/mol. The summed E-state index contributed by atoms with van der Waals surface area (Å²) < 4.78 is 1.64. The lowest BCUT2D eigenvalue weighted by molar-refractivity contribution is 0.590. The van der Waals surface area contributed by atoms with Gasteiger partial charge in [0.15, 0.2) is 5.82 Å². The summed E-state index contributed by atoms with van der Waals surface area (Å²) in [6, 6.07) is 8.37. The average Bonchev–Trinajstić information content (AvgIpc) is 2.63.